The number of nitriles is 1. The number of benzene rings is 1. The lowest BCUT2D eigenvalue weighted by molar-refractivity contribution is -0.119. The van der Waals surface area contributed by atoms with E-state index in [9.17, 15) is 4.79 Å². The zero-order valence-corrected chi connectivity index (χ0v) is 13.6. The standard InChI is InChI=1S/C16H20N2O3S/c1-11(2)16(18-15(19)10-22-8-5-17)12-3-4-13-14(9-12)21-7-6-20-13/h3-4,9,11,16H,6-8,10H2,1-2H3,(H,18,19)/t16-/m1/s1. The number of hydrogen-bond acceptors (Lipinski definition) is 5. The van der Waals surface area contributed by atoms with Crippen LogP contribution in [0.15, 0.2) is 18.2 Å². The topological polar surface area (TPSA) is 71.4 Å². The van der Waals surface area contributed by atoms with Gasteiger partial charge >= 0.3 is 0 Å². The summed E-state index contributed by atoms with van der Waals surface area (Å²) >= 11 is 1.32. The molecule has 0 aromatic heterocycles. The maximum absolute atomic E-state index is 12.0. The first-order valence-corrected chi connectivity index (χ1v) is 8.41. The lowest BCUT2D eigenvalue weighted by atomic mass is 9.95. The molecule has 1 aliphatic heterocycles. The van der Waals surface area contributed by atoms with Crippen LogP contribution in [0.5, 0.6) is 11.5 Å². The third kappa shape index (κ3) is 4.31. The van der Waals surface area contributed by atoms with Gasteiger partial charge in [-0.2, -0.15) is 5.26 Å². The Kier molecular flexibility index (Phi) is 5.96. The molecule has 0 saturated heterocycles. The van der Waals surface area contributed by atoms with Crippen LogP contribution in [0, 0.1) is 17.2 Å². The van der Waals surface area contributed by atoms with Crippen LogP contribution in [0.3, 0.4) is 0 Å². The van der Waals surface area contributed by atoms with E-state index in [1.165, 1.54) is 11.8 Å². The number of nitrogens with one attached hydrogen (secondary N) is 1. The fraction of sp³-hybridized carbons (Fsp3) is 0.500. The van der Waals surface area contributed by atoms with Gasteiger partial charge in [0.1, 0.15) is 13.2 Å². The maximum Gasteiger partial charge on any atom is 0.230 e. The summed E-state index contributed by atoms with van der Waals surface area (Å²) in [6.45, 7) is 5.22. The van der Waals surface area contributed by atoms with Gasteiger partial charge in [-0.3, -0.25) is 4.79 Å². The van der Waals surface area contributed by atoms with E-state index in [1.807, 2.05) is 24.3 Å². The summed E-state index contributed by atoms with van der Waals surface area (Å²) in [4.78, 5) is 12.0. The van der Waals surface area contributed by atoms with E-state index >= 15 is 0 Å². The van der Waals surface area contributed by atoms with Crippen LogP contribution in [0.2, 0.25) is 0 Å². The molecule has 0 saturated carbocycles. The van der Waals surface area contributed by atoms with Crippen LogP contribution < -0.4 is 14.8 Å². The summed E-state index contributed by atoms with van der Waals surface area (Å²) < 4.78 is 11.1. The first kappa shape index (κ1) is 16.5. The zero-order valence-electron chi connectivity index (χ0n) is 12.8. The van der Waals surface area contributed by atoms with Gasteiger partial charge in [0, 0.05) is 0 Å². The first-order valence-electron chi connectivity index (χ1n) is 7.25. The number of ether oxygens (including phenoxy) is 2. The second kappa shape index (κ2) is 7.95. The molecule has 2 rings (SSSR count). The highest BCUT2D eigenvalue weighted by Crippen LogP contribution is 2.34. The van der Waals surface area contributed by atoms with E-state index in [2.05, 4.69) is 19.2 Å². The molecule has 0 unspecified atom stereocenters. The molecule has 0 bridgehead atoms. The molecule has 1 aromatic carbocycles. The number of nitrogens with zero attached hydrogens (tertiary/aromatic N) is 1. The summed E-state index contributed by atoms with van der Waals surface area (Å²) in [6.07, 6.45) is 0. The molecule has 22 heavy (non-hydrogen) atoms. The SMILES string of the molecule is CC(C)[C@@H](NC(=O)CSCC#N)c1ccc2c(c1)OCCO2. The van der Waals surface area contributed by atoms with E-state index in [4.69, 9.17) is 14.7 Å². The average molecular weight is 320 g/mol. The number of hydrogen-bond donors (Lipinski definition) is 1. The Morgan fingerprint density at radius 1 is 1.36 bits per heavy atom. The lowest BCUT2D eigenvalue weighted by Gasteiger charge is -2.25. The summed E-state index contributed by atoms with van der Waals surface area (Å²) in [5.41, 5.74) is 0.998. The molecule has 0 radical (unpaired) electrons. The van der Waals surface area contributed by atoms with Gasteiger partial charge in [-0.25, -0.2) is 0 Å². The number of carbonyl (C=O) groups is 1. The highest BCUT2D eigenvalue weighted by molar-refractivity contribution is 8.00. The minimum absolute atomic E-state index is 0.0613. The lowest BCUT2D eigenvalue weighted by Crippen LogP contribution is -2.33. The van der Waals surface area contributed by atoms with Gasteiger partial charge in [-0.05, 0) is 23.6 Å². The van der Waals surface area contributed by atoms with Gasteiger partial charge in [0.05, 0.1) is 23.6 Å². The minimum atomic E-state index is -0.0917. The van der Waals surface area contributed by atoms with Crippen molar-refractivity contribution in [3.8, 4) is 17.6 Å². The Balaban J connectivity index is 2.07. The van der Waals surface area contributed by atoms with E-state index in [0.29, 0.717) is 24.7 Å². The second-order valence-electron chi connectivity index (χ2n) is 5.34. The zero-order chi connectivity index (χ0) is 15.9. The Morgan fingerprint density at radius 2 is 2.09 bits per heavy atom. The van der Waals surface area contributed by atoms with Gasteiger partial charge in [-0.1, -0.05) is 19.9 Å². The second-order valence-corrected chi connectivity index (χ2v) is 6.33. The van der Waals surface area contributed by atoms with Gasteiger partial charge in [0.25, 0.3) is 0 Å². The summed E-state index contributed by atoms with van der Waals surface area (Å²) in [7, 11) is 0. The maximum atomic E-state index is 12.0. The number of rotatable bonds is 6. The summed E-state index contributed by atoms with van der Waals surface area (Å²) in [5, 5.41) is 11.5. The monoisotopic (exact) mass is 320 g/mol. The molecule has 0 aliphatic carbocycles. The van der Waals surface area contributed by atoms with Crippen LogP contribution in [-0.2, 0) is 4.79 Å². The van der Waals surface area contributed by atoms with Crippen LogP contribution in [-0.4, -0.2) is 30.6 Å². The van der Waals surface area contributed by atoms with Crippen LogP contribution in [0.4, 0.5) is 0 Å². The van der Waals surface area contributed by atoms with Crippen molar-refractivity contribution in [3.63, 3.8) is 0 Å². The molecule has 1 amide bonds. The normalized spacial score (nSPS) is 14.3. The van der Waals surface area contributed by atoms with Crippen LogP contribution in [0.1, 0.15) is 25.5 Å². The largest absolute Gasteiger partial charge is 0.486 e. The molecule has 1 heterocycles. The molecule has 0 spiro atoms. The fourth-order valence-corrected chi connectivity index (χ4v) is 2.75. The molecule has 0 fully saturated rings. The Morgan fingerprint density at radius 3 is 2.77 bits per heavy atom. The third-order valence-corrected chi connectivity index (χ3v) is 4.11. The Hall–Kier alpha value is -1.87. The number of amides is 1. The summed E-state index contributed by atoms with van der Waals surface area (Å²) in [6, 6.07) is 7.70. The van der Waals surface area contributed by atoms with Crippen molar-refractivity contribution in [2.45, 2.75) is 19.9 Å². The van der Waals surface area contributed by atoms with Crippen molar-refractivity contribution in [3.05, 3.63) is 23.8 Å². The summed E-state index contributed by atoms with van der Waals surface area (Å²) in [5.74, 6) is 2.27. The van der Waals surface area contributed by atoms with Crippen molar-refractivity contribution in [2.75, 3.05) is 24.7 Å². The molecule has 6 heteroatoms. The molecule has 1 aliphatic rings. The molecular weight excluding hydrogens is 300 g/mol. The molecule has 5 nitrogen and oxygen atoms in total. The quantitative estimate of drug-likeness (QED) is 0.816. The van der Waals surface area contributed by atoms with Crippen molar-refractivity contribution in [2.24, 2.45) is 5.92 Å². The van der Waals surface area contributed by atoms with Crippen LogP contribution >= 0.6 is 11.8 Å². The first-order chi connectivity index (χ1) is 10.6. The van der Waals surface area contributed by atoms with Gasteiger partial charge < -0.3 is 14.8 Å². The molecule has 1 aromatic rings. The molecule has 1 N–H and O–H groups in total. The van der Waals surface area contributed by atoms with Crippen molar-refractivity contribution in [1.29, 1.82) is 5.26 Å². The predicted octanol–water partition coefficient (Wildman–Crippen LogP) is 2.53. The third-order valence-electron chi connectivity index (χ3n) is 3.31. The van der Waals surface area contributed by atoms with E-state index in [0.717, 1.165) is 17.1 Å². The highest BCUT2D eigenvalue weighted by Gasteiger charge is 2.21. The van der Waals surface area contributed by atoms with Crippen molar-refractivity contribution >= 4 is 17.7 Å². The van der Waals surface area contributed by atoms with E-state index < -0.39 is 0 Å². The Labute approximate surface area is 135 Å². The predicted molar refractivity (Wildman–Crippen MR) is 86.1 cm³/mol. The minimum Gasteiger partial charge on any atom is -0.486 e. The van der Waals surface area contributed by atoms with Gasteiger partial charge in [0.15, 0.2) is 11.5 Å². The number of thioether (sulfide) groups is 1. The van der Waals surface area contributed by atoms with E-state index in [-0.39, 0.29) is 17.9 Å². The van der Waals surface area contributed by atoms with Crippen molar-refractivity contribution in [1.82, 2.24) is 5.32 Å². The van der Waals surface area contributed by atoms with Crippen molar-refractivity contribution < 1.29 is 14.3 Å². The van der Waals surface area contributed by atoms with Crippen LogP contribution in [0.25, 0.3) is 0 Å². The highest BCUT2D eigenvalue weighted by atomic mass is 32.2. The average Bonchev–Trinajstić information content (AvgIpc) is 2.52. The fourth-order valence-electron chi connectivity index (χ4n) is 2.29. The molecule has 1 atom stereocenters. The van der Waals surface area contributed by atoms with Gasteiger partial charge in [0.2, 0.25) is 5.91 Å². The number of fused-ring (bicyclic) bond motifs is 1. The van der Waals surface area contributed by atoms with Gasteiger partial charge in [-0.15, -0.1) is 11.8 Å². The number of carbonyl (C=O) groups excluding carboxylic acids is 1. The molecule has 118 valence electrons. The molecular formula is C16H20N2O3S. The Bertz CT molecular complexity index is 569. The van der Waals surface area contributed by atoms with E-state index in [1.54, 1.807) is 0 Å². The smallest absolute Gasteiger partial charge is 0.230 e.